The van der Waals surface area contributed by atoms with E-state index in [2.05, 4.69) is 5.32 Å². The number of carbonyl (C=O) groups is 2. The molecule has 3 aromatic rings. The normalized spacial score (nSPS) is 12.3. The van der Waals surface area contributed by atoms with E-state index < -0.39 is 44.9 Å². The molecular formula is C28H31ClN4O6S. The van der Waals surface area contributed by atoms with Crippen LogP contribution in [-0.2, 0) is 26.2 Å². The molecule has 0 aliphatic carbocycles. The summed E-state index contributed by atoms with van der Waals surface area (Å²) in [7, 11) is -4.28. The molecule has 0 fully saturated rings. The van der Waals surface area contributed by atoms with Crippen molar-refractivity contribution in [3.05, 3.63) is 99.6 Å². The zero-order valence-electron chi connectivity index (χ0n) is 22.6. The SMILES string of the molecule is C[C@H](C(=O)NC(C)(C)C)N(Cc1ccccc1Cl)C(=O)CN(c1ccc([N+](=O)[O-])cc1)S(=O)(=O)c1ccccc1. The van der Waals surface area contributed by atoms with Crippen LogP contribution < -0.4 is 9.62 Å². The molecule has 0 aliphatic heterocycles. The molecule has 0 unspecified atom stereocenters. The van der Waals surface area contributed by atoms with Gasteiger partial charge in [-0.3, -0.25) is 24.0 Å². The summed E-state index contributed by atoms with van der Waals surface area (Å²) in [4.78, 5) is 38.8. The Kier molecular flexibility index (Phi) is 9.54. The number of amides is 2. The summed E-state index contributed by atoms with van der Waals surface area (Å²) in [5.41, 5.74) is -0.195. The number of carbonyl (C=O) groups excluding carboxylic acids is 2. The van der Waals surface area contributed by atoms with Crippen molar-refractivity contribution >= 4 is 44.8 Å². The van der Waals surface area contributed by atoms with Gasteiger partial charge in [0.1, 0.15) is 12.6 Å². The maximum atomic E-state index is 13.9. The van der Waals surface area contributed by atoms with Gasteiger partial charge in [0, 0.05) is 29.2 Å². The van der Waals surface area contributed by atoms with E-state index in [0.717, 1.165) is 16.4 Å². The first-order chi connectivity index (χ1) is 18.7. The number of nitrogens with zero attached hydrogens (tertiary/aromatic N) is 3. The number of halogens is 1. The minimum absolute atomic E-state index is 0.0484. The molecule has 212 valence electrons. The third-order valence-electron chi connectivity index (χ3n) is 5.92. The van der Waals surface area contributed by atoms with Crippen LogP contribution in [0.3, 0.4) is 0 Å². The third kappa shape index (κ3) is 7.57. The van der Waals surface area contributed by atoms with Gasteiger partial charge in [0.05, 0.1) is 15.5 Å². The van der Waals surface area contributed by atoms with Gasteiger partial charge < -0.3 is 10.2 Å². The molecule has 2 amide bonds. The van der Waals surface area contributed by atoms with Crippen molar-refractivity contribution in [2.24, 2.45) is 0 Å². The maximum Gasteiger partial charge on any atom is 0.269 e. The molecule has 0 radical (unpaired) electrons. The monoisotopic (exact) mass is 586 g/mol. The van der Waals surface area contributed by atoms with Crippen LogP contribution in [0.4, 0.5) is 11.4 Å². The molecule has 10 nitrogen and oxygen atoms in total. The number of sulfonamides is 1. The second-order valence-electron chi connectivity index (χ2n) is 10.1. The number of nitro groups is 1. The van der Waals surface area contributed by atoms with E-state index >= 15 is 0 Å². The average molecular weight is 587 g/mol. The number of hydrogen-bond donors (Lipinski definition) is 1. The number of nitrogens with one attached hydrogen (secondary N) is 1. The lowest BCUT2D eigenvalue weighted by Crippen LogP contribution is -2.54. The summed E-state index contributed by atoms with van der Waals surface area (Å²) in [6.45, 7) is 6.24. The highest BCUT2D eigenvalue weighted by Crippen LogP contribution is 2.27. The maximum absolute atomic E-state index is 13.9. The van der Waals surface area contributed by atoms with E-state index in [4.69, 9.17) is 11.6 Å². The first-order valence-corrected chi connectivity index (χ1v) is 14.2. The molecule has 40 heavy (non-hydrogen) atoms. The van der Waals surface area contributed by atoms with E-state index in [1.54, 1.807) is 70.2 Å². The van der Waals surface area contributed by atoms with E-state index in [0.29, 0.717) is 10.6 Å². The Morgan fingerprint density at radius 3 is 2.10 bits per heavy atom. The molecule has 0 heterocycles. The molecule has 0 aliphatic rings. The Hall–Kier alpha value is -3.96. The van der Waals surface area contributed by atoms with Crippen molar-refractivity contribution in [2.45, 2.75) is 50.7 Å². The van der Waals surface area contributed by atoms with Crippen LogP contribution in [0.2, 0.25) is 5.02 Å². The fraction of sp³-hybridized carbons (Fsp3) is 0.286. The Balaban J connectivity index is 2.06. The second-order valence-corrected chi connectivity index (χ2v) is 12.4. The summed E-state index contributed by atoms with van der Waals surface area (Å²) >= 11 is 6.36. The van der Waals surface area contributed by atoms with Gasteiger partial charge in [0.25, 0.3) is 15.7 Å². The second kappa shape index (κ2) is 12.5. The number of rotatable bonds is 10. The first-order valence-electron chi connectivity index (χ1n) is 12.4. The number of anilines is 1. The number of hydrogen-bond acceptors (Lipinski definition) is 6. The quantitative estimate of drug-likeness (QED) is 0.269. The lowest BCUT2D eigenvalue weighted by atomic mass is 10.1. The minimum atomic E-state index is -4.28. The van der Waals surface area contributed by atoms with E-state index in [1.807, 2.05) is 0 Å². The zero-order chi connectivity index (χ0) is 29.7. The Bertz CT molecular complexity index is 1470. The third-order valence-corrected chi connectivity index (χ3v) is 8.08. The Morgan fingerprint density at radius 2 is 1.55 bits per heavy atom. The fourth-order valence-electron chi connectivity index (χ4n) is 3.86. The van der Waals surface area contributed by atoms with Crippen LogP contribution in [0, 0.1) is 10.1 Å². The van der Waals surface area contributed by atoms with Crippen LogP contribution in [0.5, 0.6) is 0 Å². The minimum Gasteiger partial charge on any atom is -0.350 e. The summed E-state index contributed by atoms with van der Waals surface area (Å²) in [6, 6.07) is 18.2. The van der Waals surface area contributed by atoms with Crippen LogP contribution in [0.25, 0.3) is 0 Å². The molecule has 3 rings (SSSR count). The molecule has 1 atom stereocenters. The predicted molar refractivity (Wildman–Crippen MR) is 153 cm³/mol. The number of benzene rings is 3. The summed E-state index contributed by atoms with van der Waals surface area (Å²) in [6.07, 6.45) is 0. The largest absolute Gasteiger partial charge is 0.350 e. The predicted octanol–water partition coefficient (Wildman–Crippen LogP) is 4.78. The molecule has 0 saturated carbocycles. The van der Waals surface area contributed by atoms with Gasteiger partial charge in [0.2, 0.25) is 11.8 Å². The highest BCUT2D eigenvalue weighted by atomic mass is 35.5. The average Bonchev–Trinajstić information content (AvgIpc) is 2.90. The Morgan fingerprint density at radius 1 is 0.975 bits per heavy atom. The molecule has 1 N–H and O–H groups in total. The lowest BCUT2D eigenvalue weighted by molar-refractivity contribution is -0.384. The van der Waals surface area contributed by atoms with Crippen molar-refractivity contribution in [3.63, 3.8) is 0 Å². The molecular weight excluding hydrogens is 556 g/mol. The summed E-state index contributed by atoms with van der Waals surface area (Å²) in [5, 5.41) is 14.4. The summed E-state index contributed by atoms with van der Waals surface area (Å²) < 4.78 is 28.3. The summed E-state index contributed by atoms with van der Waals surface area (Å²) in [5.74, 6) is -1.10. The van der Waals surface area contributed by atoms with Crippen molar-refractivity contribution in [1.82, 2.24) is 10.2 Å². The van der Waals surface area contributed by atoms with Gasteiger partial charge in [-0.05, 0) is 63.6 Å². The highest BCUT2D eigenvalue weighted by Gasteiger charge is 2.33. The van der Waals surface area contributed by atoms with Crippen LogP contribution in [-0.4, -0.2) is 48.2 Å². The number of nitro benzene ring substituents is 1. The number of non-ortho nitro benzene ring substituents is 1. The molecule has 0 spiro atoms. The van der Waals surface area contributed by atoms with Gasteiger partial charge in [-0.1, -0.05) is 48.0 Å². The van der Waals surface area contributed by atoms with Crippen LogP contribution >= 0.6 is 11.6 Å². The topological polar surface area (TPSA) is 130 Å². The fourth-order valence-corrected chi connectivity index (χ4v) is 5.49. The van der Waals surface area contributed by atoms with Crippen molar-refractivity contribution in [3.8, 4) is 0 Å². The molecule has 0 saturated heterocycles. The Labute approximate surface area is 238 Å². The van der Waals surface area contributed by atoms with Crippen molar-refractivity contribution in [1.29, 1.82) is 0 Å². The van der Waals surface area contributed by atoms with E-state index in [9.17, 15) is 28.1 Å². The first kappa shape index (κ1) is 30.6. The van der Waals surface area contributed by atoms with Crippen molar-refractivity contribution in [2.75, 3.05) is 10.8 Å². The van der Waals surface area contributed by atoms with Gasteiger partial charge >= 0.3 is 0 Å². The zero-order valence-corrected chi connectivity index (χ0v) is 24.1. The molecule has 3 aromatic carbocycles. The van der Waals surface area contributed by atoms with Crippen LogP contribution in [0.1, 0.15) is 33.3 Å². The van der Waals surface area contributed by atoms with E-state index in [-0.39, 0.29) is 22.8 Å². The lowest BCUT2D eigenvalue weighted by Gasteiger charge is -2.33. The van der Waals surface area contributed by atoms with Gasteiger partial charge in [-0.15, -0.1) is 0 Å². The van der Waals surface area contributed by atoms with E-state index in [1.165, 1.54) is 29.2 Å². The smallest absolute Gasteiger partial charge is 0.269 e. The van der Waals surface area contributed by atoms with Gasteiger partial charge in [-0.25, -0.2) is 8.42 Å². The molecule has 0 bridgehead atoms. The standard InChI is InChI=1S/C28H31ClN4O6S/c1-20(27(35)30-28(2,3)4)31(18-21-10-8-9-13-25(21)29)26(34)19-32(22-14-16-23(17-15-22)33(36)37)40(38,39)24-11-6-5-7-12-24/h5-17,20H,18-19H2,1-4H3,(H,30,35)/t20-/m1/s1. The molecule has 12 heteroatoms. The van der Waals surface area contributed by atoms with Gasteiger partial charge in [0.15, 0.2) is 0 Å². The highest BCUT2D eigenvalue weighted by molar-refractivity contribution is 7.92. The molecule has 0 aromatic heterocycles. The van der Waals surface area contributed by atoms with Crippen LogP contribution in [0.15, 0.2) is 83.8 Å². The van der Waals surface area contributed by atoms with Crippen molar-refractivity contribution < 1.29 is 22.9 Å². The van der Waals surface area contributed by atoms with Gasteiger partial charge in [-0.2, -0.15) is 0 Å².